The van der Waals surface area contributed by atoms with Gasteiger partial charge < -0.3 is 14.7 Å². The molecule has 1 atom stereocenters. The van der Waals surface area contributed by atoms with E-state index in [-0.39, 0.29) is 24.4 Å². The first-order valence-electron chi connectivity index (χ1n) is 8.20. The molecule has 0 radical (unpaired) electrons. The number of benzene rings is 1. The monoisotopic (exact) mass is 365 g/mol. The molecule has 1 aliphatic heterocycles. The number of nitrogens with zero attached hydrogens (tertiary/aromatic N) is 4. The second kappa shape index (κ2) is 8.42. The number of amides is 1. The van der Waals surface area contributed by atoms with Gasteiger partial charge in [-0.25, -0.2) is 0 Å². The smallest absolute Gasteiger partial charge is 0.258 e. The third-order valence-corrected chi connectivity index (χ3v) is 4.43. The number of carbonyl (C=O) groups is 1. The van der Waals surface area contributed by atoms with Gasteiger partial charge in [-0.3, -0.25) is 9.69 Å². The van der Waals surface area contributed by atoms with Crippen molar-refractivity contribution in [3.8, 4) is 11.5 Å². The Hall–Kier alpha value is -1.96. The first-order valence-corrected chi connectivity index (χ1v) is 8.20. The van der Waals surface area contributed by atoms with Crippen molar-refractivity contribution in [1.29, 1.82) is 0 Å². The van der Waals surface area contributed by atoms with E-state index in [4.69, 9.17) is 4.52 Å². The lowest BCUT2D eigenvalue weighted by atomic mass is 10.1. The Morgan fingerprint density at radius 2 is 2.28 bits per heavy atom. The fraction of sp³-hybridized carbons (Fsp3) is 0.471. The minimum atomic E-state index is -0.0182. The highest BCUT2D eigenvalue weighted by Gasteiger charge is 2.25. The number of nitrogens with one attached hydrogen (secondary N) is 1. The number of hydrogen-bond donors (Lipinski definition) is 1. The first-order chi connectivity index (χ1) is 11.6. The Labute approximate surface area is 153 Å². The summed E-state index contributed by atoms with van der Waals surface area (Å²) >= 11 is 0. The van der Waals surface area contributed by atoms with Crippen LogP contribution >= 0.6 is 12.4 Å². The summed E-state index contributed by atoms with van der Waals surface area (Å²) < 4.78 is 5.43. The summed E-state index contributed by atoms with van der Waals surface area (Å²) in [5.74, 6) is 1.09. The molecule has 0 aliphatic carbocycles. The van der Waals surface area contributed by atoms with Crippen molar-refractivity contribution in [2.45, 2.75) is 13.0 Å². The standard InChI is InChI=1S/C17H23N5O2.ClH/c1-4-21(2)17(23)13-7-5-6-12(10-13)16-19-15(20-24-16)14-11-18-8-9-22(14)3;/h5-7,10,14,18H,4,8-9,11H2,1-3H3;1H. The average molecular weight is 366 g/mol. The van der Waals surface area contributed by atoms with Gasteiger partial charge in [0.1, 0.15) is 0 Å². The van der Waals surface area contributed by atoms with Gasteiger partial charge in [-0.2, -0.15) is 4.98 Å². The Morgan fingerprint density at radius 1 is 1.48 bits per heavy atom. The van der Waals surface area contributed by atoms with Crippen molar-refractivity contribution in [1.82, 2.24) is 25.3 Å². The van der Waals surface area contributed by atoms with E-state index in [1.54, 1.807) is 24.1 Å². The van der Waals surface area contributed by atoms with Crippen LogP contribution in [0.25, 0.3) is 11.5 Å². The van der Waals surface area contributed by atoms with Crippen LogP contribution in [0, 0.1) is 0 Å². The summed E-state index contributed by atoms with van der Waals surface area (Å²) in [6.07, 6.45) is 0. The fourth-order valence-corrected chi connectivity index (χ4v) is 2.73. The highest BCUT2D eigenvalue weighted by molar-refractivity contribution is 5.95. The highest BCUT2D eigenvalue weighted by Crippen LogP contribution is 2.23. The summed E-state index contributed by atoms with van der Waals surface area (Å²) in [6, 6.07) is 7.42. The third-order valence-electron chi connectivity index (χ3n) is 4.43. The number of likely N-dealkylation sites (N-methyl/N-ethyl adjacent to an activating group) is 1. The average Bonchev–Trinajstić information content (AvgIpc) is 3.11. The molecule has 1 aromatic carbocycles. The van der Waals surface area contributed by atoms with E-state index >= 15 is 0 Å². The quantitative estimate of drug-likeness (QED) is 0.891. The van der Waals surface area contributed by atoms with Crippen molar-refractivity contribution in [2.24, 2.45) is 0 Å². The van der Waals surface area contributed by atoms with Crippen molar-refractivity contribution in [2.75, 3.05) is 40.3 Å². The SMILES string of the molecule is CCN(C)C(=O)c1cccc(-c2nc(C3CNCCN3C)no2)c1.Cl. The molecule has 7 nitrogen and oxygen atoms in total. The molecule has 25 heavy (non-hydrogen) atoms. The Bertz CT molecular complexity index is 721. The molecule has 0 spiro atoms. The number of rotatable bonds is 4. The van der Waals surface area contributed by atoms with Crippen LogP contribution in [0.4, 0.5) is 0 Å². The highest BCUT2D eigenvalue weighted by atomic mass is 35.5. The number of piperazine rings is 1. The number of hydrogen-bond acceptors (Lipinski definition) is 6. The van der Waals surface area contributed by atoms with Gasteiger partial charge in [0, 0.05) is 44.4 Å². The summed E-state index contributed by atoms with van der Waals surface area (Å²) in [7, 11) is 3.84. The van der Waals surface area contributed by atoms with E-state index in [9.17, 15) is 4.79 Å². The molecule has 2 aromatic rings. The fourth-order valence-electron chi connectivity index (χ4n) is 2.73. The Kier molecular flexibility index (Phi) is 6.52. The van der Waals surface area contributed by atoms with Gasteiger partial charge in [-0.15, -0.1) is 12.4 Å². The van der Waals surface area contributed by atoms with E-state index in [0.717, 1.165) is 25.2 Å². The van der Waals surface area contributed by atoms with Crippen molar-refractivity contribution in [3.05, 3.63) is 35.7 Å². The zero-order valence-electron chi connectivity index (χ0n) is 14.7. The summed E-state index contributed by atoms with van der Waals surface area (Å²) in [6.45, 7) is 5.32. The maximum absolute atomic E-state index is 12.3. The largest absolute Gasteiger partial charge is 0.342 e. The van der Waals surface area contributed by atoms with Crippen LogP contribution < -0.4 is 5.32 Å². The molecule has 8 heteroatoms. The predicted octanol–water partition coefficient (Wildman–Crippen LogP) is 1.83. The molecule has 1 aromatic heterocycles. The third kappa shape index (κ3) is 4.18. The zero-order valence-corrected chi connectivity index (χ0v) is 15.5. The van der Waals surface area contributed by atoms with Crippen molar-refractivity contribution < 1.29 is 9.32 Å². The summed E-state index contributed by atoms with van der Waals surface area (Å²) in [4.78, 5) is 20.7. The van der Waals surface area contributed by atoms with Gasteiger partial charge in [0.05, 0.1) is 6.04 Å². The van der Waals surface area contributed by atoms with Gasteiger partial charge >= 0.3 is 0 Å². The van der Waals surface area contributed by atoms with E-state index in [2.05, 4.69) is 27.4 Å². The first kappa shape index (κ1) is 19.4. The molecule has 1 amide bonds. The minimum Gasteiger partial charge on any atom is -0.342 e. The number of carbonyl (C=O) groups excluding carboxylic acids is 1. The molecule has 136 valence electrons. The second-order valence-corrected chi connectivity index (χ2v) is 6.06. The van der Waals surface area contributed by atoms with E-state index in [1.165, 1.54) is 0 Å². The lowest BCUT2D eigenvalue weighted by molar-refractivity contribution is 0.0802. The lowest BCUT2D eigenvalue weighted by Gasteiger charge is -2.30. The summed E-state index contributed by atoms with van der Waals surface area (Å²) in [5, 5.41) is 7.47. The molecule has 0 saturated carbocycles. The maximum Gasteiger partial charge on any atom is 0.258 e. The molecule has 3 rings (SSSR count). The van der Waals surface area contributed by atoms with E-state index < -0.39 is 0 Å². The van der Waals surface area contributed by atoms with Crippen LogP contribution in [0.2, 0.25) is 0 Å². The molecular weight excluding hydrogens is 342 g/mol. The van der Waals surface area contributed by atoms with Crippen LogP contribution in [0.1, 0.15) is 29.1 Å². The van der Waals surface area contributed by atoms with E-state index in [0.29, 0.717) is 23.8 Å². The number of aromatic nitrogens is 2. The molecule has 1 unspecified atom stereocenters. The minimum absolute atomic E-state index is 0. The van der Waals surface area contributed by atoms with Crippen LogP contribution in [-0.4, -0.2) is 66.1 Å². The number of halogens is 1. The van der Waals surface area contributed by atoms with Gasteiger partial charge in [0.15, 0.2) is 5.82 Å². The Balaban J connectivity index is 0.00000225. The molecule has 0 bridgehead atoms. The van der Waals surface area contributed by atoms with Crippen LogP contribution in [0.3, 0.4) is 0 Å². The van der Waals surface area contributed by atoms with Crippen LogP contribution in [0.5, 0.6) is 0 Å². The van der Waals surface area contributed by atoms with Gasteiger partial charge in [-0.05, 0) is 32.2 Å². The van der Waals surface area contributed by atoms with Crippen molar-refractivity contribution in [3.63, 3.8) is 0 Å². The van der Waals surface area contributed by atoms with Crippen molar-refractivity contribution >= 4 is 18.3 Å². The molecule has 1 fully saturated rings. The summed E-state index contributed by atoms with van der Waals surface area (Å²) in [5.41, 5.74) is 1.38. The maximum atomic E-state index is 12.3. The van der Waals surface area contributed by atoms with Gasteiger partial charge in [-0.1, -0.05) is 11.2 Å². The predicted molar refractivity (Wildman–Crippen MR) is 97.9 cm³/mol. The molecule has 1 N–H and O–H groups in total. The molecule has 1 saturated heterocycles. The zero-order chi connectivity index (χ0) is 17.1. The lowest BCUT2D eigenvalue weighted by Crippen LogP contribution is -2.44. The van der Waals surface area contributed by atoms with Crippen LogP contribution in [-0.2, 0) is 0 Å². The Morgan fingerprint density at radius 3 is 3.00 bits per heavy atom. The van der Waals surface area contributed by atoms with E-state index in [1.807, 2.05) is 19.1 Å². The van der Waals surface area contributed by atoms with Gasteiger partial charge in [0.2, 0.25) is 0 Å². The second-order valence-electron chi connectivity index (χ2n) is 6.06. The van der Waals surface area contributed by atoms with Gasteiger partial charge in [0.25, 0.3) is 11.8 Å². The molecular formula is C17H24ClN5O2. The molecule has 1 aliphatic rings. The van der Waals surface area contributed by atoms with Crippen LogP contribution in [0.15, 0.2) is 28.8 Å². The molecule has 2 heterocycles. The normalized spacial score (nSPS) is 17.8. The topological polar surface area (TPSA) is 74.5 Å².